The van der Waals surface area contributed by atoms with Crippen molar-refractivity contribution in [1.29, 1.82) is 0 Å². The van der Waals surface area contributed by atoms with Gasteiger partial charge >= 0.3 is 12.1 Å². The van der Waals surface area contributed by atoms with Crippen molar-refractivity contribution >= 4 is 28.9 Å². The molecule has 206 valence electrons. The van der Waals surface area contributed by atoms with Crippen LogP contribution in [0, 0.1) is 17.5 Å². The van der Waals surface area contributed by atoms with E-state index in [1.807, 2.05) is 4.90 Å². The zero-order chi connectivity index (χ0) is 28.2. The summed E-state index contributed by atoms with van der Waals surface area (Å²) in [6.45, 7) is 2.31. The van der Waals surface area contributed by atoms with Gasteiger partial charge in [0.25, 0.3) is 0 Å². The number of nitrogens with one attached hydrogen (secondary N) is 1. The number of fused-ring (bicyclic) bond motifs is 1. The lowest BCUT2D eigenvalue weighted by molar-refractivity contribution is -0.192. The van der Waals surface area contributed by atoms with Crippen LogP contribution in [-0.4, -0.2) is 63.1 Å². The Labute approximate surface area is 216 Å². The molecular formula is C24H20F6N6O3. The molecule has 9 nitrogen and oxygen atoms in total. The van der Waals surface area contributed by atoms with Crippen molar-refractivity contribution in [3.63, 3.8) is 0 Å². The monoisotopic (exact) mass is 554 g/mol. The molecule has 1 aliphatic rings. The van der Waals surface area contributed by atoms with Crippen LogP contribution in [0.3, 0.4) is 0 Å². The Kier molecular flexibility index (Phi) is 8.18. The van der Waals surface area contributed by atoms with Gasteiger partial charge in [-0.15, -0.1) is 0 Å². The van der Waals surface area contributed by atoms with E-state index in [0.29, 0.717) is 54.9 Å². The summed E-state index contributed by atoms with van der Waals surface area (Å²) in [6, 6.07) is 10.1. The predicted octanol–water partition coefficient (Wildman–Crippen LogP) is 4.31. The van der Waals surface area contributed by atoms with Gasteiger partial charge in [-0.05, 0) is 24.3 Å². The molecule has 0 aliphatic carbocycles. The third-order valence-corrected chi connectivity index (χ3v) is 5.48. The number of anilines is 2. The Hall–Kier alpha value is -4.40. The Morgan fingerprint density at radius 2 is 1.74 bits per heavy atom. The first-order chi connectivity index (χ1) is 18.5. The molecule has 0 bridgehead atoms. The summed E-state index contributed by atoms with van der Waals surface area (Å²) in [5.41, 5.74) is 1.62. The number of halogens is 6. The highest BCUT2D eigenvalue weighted by molar-refractivity contribution is 5.85. The van der Waals surface area contributed by atoms with Gasteiger partial charge in [0.15, 0.2) is 28.6 Å². The Balaban J connectivity index is 0.000000448. The SMILES string of the molecule is Fc1cccc(-n2cnc3c(NCc4cccc(F)c4F)nc(N4CCOCC4)nc32)c1.O=C(O)C(F)(F)F. The van der Waals surface area contributed by atoms with Crippen LogP contribution in [0.25, 0.3) is 16.9 Å². The maximum absolute atomic E-state index is 14.1. The fourth-order valence-corrected chi connectivity index (χ4v) is 3.60. The topological polar surface area (TPSA) is 105 Å². The minimum Gasteiger partial charge on any atom is -0.475 e. The van der Waals surface area contributed by atoms with Crippen molar-refractivity contribution < 1.29 is 41.0 Å². The van der Waals surface area contributed by atoms with E-state index in [2.05, 4.69) is 20.3 Å². The van der Waals surface area contributed by atoms with Gasteiger partial charge in [0.05, 0.1) is 18.9 Å². The zero-order valence-corrected chi connectivity index (χ0v) is 19.9. The molecule has 2 aromatic carbocycles. The normalized spacial score (nSPS) is 13.6. The second kappa shape index (κ2) is 11.6. The van der Waals surface area contributed by atoms with Gasteiger partial charge in [0.2, 0.25) is 5.95 Å². The average molecular weight is 554 g/mol. The number of morpholine rings is 1. The van der Waals surface area contributed by atoms with Crippen molar-refractivity contribution in [3.8, 4) is 5.69 Å². The summed E-state index contributed by atoms with van der Waals surface area (Å²) < 4.78 is 80.4. The van der Waals surface area contributed by atoms with Crippen molar-refractivity contribution in [2.75, 3.05) is 36.5 Å². The highest BCUT2D eigenvalue weighted by atomic mass is 19.4. The summed E-state index contributed by atoms with van der Waals surface area (Å²) in [5, 5.41) is 10.2. The first-order valence-corrected chi connectivity index (χ1v) is 11.3. The van der Waals surface area contributed by atoms with Crippen molar-refractivity contribution in [3.05, 3.63) is 71.8 Å². The van der Waals surface area contributed by atoms with Gasteiger partial charge in [0, 0.05) is 25.2 Å². The molecule has 0 saturated carbocycles. The number of alkyl halides is 3. The van der Waals surface area contributed by atoms with E-state index in [1.165, 1.54) is 30.6 Å². The van der Waals surface area contributed by atoms with E-state index in [4.69, 9.17) is 14.6 Å². The molecule has 3 heterocycles. The Morgan fingerprint density at radius 3 is 2.41 bits per heavy atom. The average Bonchev–Trinajstić information content (AvgIpc) is 3.34. The van der Waals surface area contributed by atoms with E-state index < -0.39 is 23.8 Å². The molecule has 0 radical (unpaired) electrons. The molecule has 1 fully saturated rings. The number of carbonyl (C=O) groups is 1. The quantitative estimate of drug-likeness (QED) is 0.352. The van der Waals surface area contributed by atoms with E-state index in [0.717, 1.165) is 6.07 Å². The number of nitrogens with zero attached hydrogens (tertiary/aromatic N) is 5. The fraction of sp³-hybridized carbons (Fsp3) is 0.250. The first kappa shape index (κ1) is 27.6. The third kappa shape index (κ3) is 6.54. The number of ether oxygens (including phenoxy) is 1. The third-order valence-electron chi connectivity index (χ3n) is 5.48. The Bertz CT molecular complexity index is 1470. The van der Waals surface area contributed by atoms with Crippen LogP contribution in [0.15, 0.2) is 48.8 Å². The number of carboxylic acids is 1. The minimum absolute atomic E-state index is 0.00504. The lowest BCUT2D eigenvalue weighted by Gasteiger charge is -2.27. The number of hydrogen-bond donors (Lipinski definition) is 2. The molecule has 39 heavy (non-hydrogen) atoms. The van der Waals surface area contributed by atoms with Crippen LogP contribution < -0.4 is 10.2 Å². The summed E-state index contributed by atoms with van der Waals surface area (Å²) in [5.74, 6) is -4.15. The molecule has 4 aromatic rings. The maximum atomic E-state index is 14.1. The maximum Gasteiger partial charge on any atom is 0.490 e. The number of aliphatic carboxylic acids is 1. The number of benzene rings is 2. The zero-order valence-electron chi connectivity index (χ0n) is 19.9. The van der Waals surface area contributed by atoms with Crippen molar-refractivity contribution in [2.45, 2.75) is 12.7 Å². The second-order valence-corrected chi connectivity index (χ2v) is 8.11. The molecule has 2 N–H and O–H groups in total. The Morgan fingerprint density at radius 1 is 1.05 bits per heavy atom. The van der Waals surface area contributed by atoms with E-state index in [9.17, 15) is 26.3 Å². The highest BCUT2D eigenvalue weighted by Gasteiger charge is 2.38. The summed E-state index contributed by atoms with van der Waals surface area (Å²) >= 11 is 0. The molecule has 0 spiro atoms. The van der Waals surface area contributed by atoms with Crippen LogP contribution in [-0.2, 0) is 16.1 Å². The van der Waals surface area contributed by atoms with Crippen molar-refractivity contribution in [2.24, 2.45) is 0 Å². The summed E-state index contributed by atoms with van der Waals surface area (Å²) in [6.07, 6.45) is -3.55. The van der Waals surface area contributed by atoms with E-state index in [-0.39, 0.29) is 17.9 Å². The van der Waals surface area contributed by atoms with Gasteiger partial charge in [-0.1, -0.05) is 18.2 Å². The molecule has 1 saturated heterocycles. The van der Waals surface area contributed by atoms with Gasteiger partial charge in [-0.2, -0.15) is 23.1 Å². The van der Waals surface area contributed by atoms with Crippen LogP contribution >= 0.6 is 0 Å². The summed E-state index contributed by atoms with van der Waals surface area (Å²) in [7, 11) is 0. The molecule has 5 rings (SSSR count). The largest absolute Gasteiger partial charge is 0.490 e. The predicted molar refractivity (Wildman–Crippen MR) is 127 cm³/mol. The van der Waals surface area contributed by atoms with Crippen LogP contribution in [0.1, 0.15) is 5.56 Å². The number of hydrogen-bond acceptors (Lipinski definition) is 7. The highest BCUT2D eigenvalue weighted by Crippen LogP contribution is 2.26. The molecule has 2 aromatic heterocycles. The minimum atomic E-state index is -5.08. The molecule has 0 atom stereocenters. The molecule has 15 heteroatoms. The first-order valence-electron chi connectivity index (χ1n) is 11.3. The van der Waals surface area contributed by atoms with Crippen LogP contribution in [0.2, 0.25) is 0 Å². The van der Waals surface area contributed by atoms with Gasteiger partial charge in [-0.25, -0.2) is 22.9 Å². The number of imidazole rings is 1. The fourth-order valence-electron chi connectivity index (χ4n) is 3.60. The van der Waals surface area contributed by atoms with Gasteiger partial charge < -0.3 is 20.1 Å². The van der Waals surface area contributed by atoms with Crippen LogP contribution in [0.5, 0.6) is 0 Å². The molecule has 0 unspecified atom stereocenters. The standard InChI is InChI=1S/C22H19F3N6O.C2HF3O2/c23-15-4-2-5-16(11-15)31-13-27-19-20(26-12-14-3-1-6-17(24)18(14)25)28-22(29-21(19)31)30-7-9-32-10-8-30;3-2(4,5)1(6)7/h1-6,11,13H,7-10,12H2,(H,26,28,29);(H,6,7). The van der Waals surface area contributed by atoms with E-state index in [1.54, 1.807) is 16.7 Å². The number of rotatable bonds is 5. The lowest BCUT2D eigenvalue weighted by atomic mass is 10.2. The second-order valence-electron chi connectivity index (χ2n) is 8.11. The van der Waals surface area contributed by atoms with E-state index >= 15 is 0 Å². The van der Waals surface area contributed by atoms with Crippen molar-refractivity contribution in [1.82, 2.24) is 19.5 Å². The van der Waals surface area contributed by atoms with Crippen LogP contribution in [0.4, 0.5) is 38.1 Å². The molecular weight excluding hydrogens is 534 g/mol. The lowest BCUT2D eigenvalue weighted by Crippen LogP contribution is -2.37. The van der Waals surface area contributed by atoms with Gasteiger partial charge in [0.1, 0.15) is 12.1 Å². The number of aromatic nitrogens is 4. The molecule has 0 amide bonds. The summed E-state index contributed by atoms with van der Waals surface area (Å²) in [4.78, 5) is 24.5. The number of carboxylic acid groups (broad SMARTS) is 1. The molecule has 1 aliphatic heterocycles. The smallest absolute Gasteiger partial charge is 0.475 e. The van der Waals surface area contributed by atoms with Gasteiger partial charge in [-0.3, -0.25) is 4.57 Å².